The molecule has 0 spiro atoms. The first-order valence-electron chi connectivity index (χ1n) is 6.79. The zero-order valence-corrected chi connectivity index (χ0v) is 12.8. The number of carbonyl (C=O) groups is 2. The summed E-state index contributed by atoms with van der Waals surface area (Å²) < 4.78 is 37.9. The fraction of sp³-hybridized carbons (Fsp3) is 0.286. The molecule has 2 aromatic rings. The molecule has 0 saturated carbocycles. The Morgan fingerprint density at radius 3 is 2.50 bits per heavy atom. The maximum Gasteiger partial charge on any atom is 0.471 e. The number of aromatic nitrogens is 3. The van der Waals surface area contributed by atoms with Crippen molar-refractivity contribution in [3.8, 4) is 0 Å². The van der Waals surface area contributed by atoms with Crippen LogP contribution < -0.4 is 10.6 Å². The van der Waals surface area contributed by atoms with Crippen LogP contribution in [0.5, 0.6) is 0 Å². The molecule has 0 aromatic carbocycles. The Kier molecular flexibility index (Phi) is 4.86. The molecule has 2 amide bonds. The molecule has 0 fully saturated rings. The quantitative estimate of drug-likeness (QED) is 0.883. The van der Waals surface area contributed by atoms with Gasteiger partial charge in [-0.25, -0.2) is 4.98 Å². The van der Waals surface area contributed by atoms with Gasteiger partial charge in [-0.15, -0.1) is 0 Å². The van der Waals surface area contributed by atoms with Crippen LogP contribution >= 0.6 is 0 Å². The van der Waals surface area contributed by atoms with E-state index in [0.717, 1.165) is 5.69 Å². The van der Waals surface area contributed by atoms with Crippen LogP contribution in [0.2, 0.25) is 0 Å². The first-order chi connectivity index (χ1) is 11.2. The standard InChI is InChI=1S/C14H14F3N5O2/c1-8-5-10(21-22(8)2)12(23)19-7-9-3-4-11(18-6-9)20-13(24)14(15,16)17/h3-6H,7H2,1-2H3,(H,19,23)(H,18,20,24). The van der Waals surface area contributed by atoms with Crippen LogP contribution in [0.1, 0.15) is 21.7 Å². The lowest BCUT2D eigenvalue weighted by Gasteiger charge is -2.08. The van der Waals surface area contributed by atoms with Crippen molar-refractivity contribution in [3.05, 3.63) is 41.3 Å². The molecule has 0 unspecified atom stereocenters. The lowest BCUT2D eigenvalue weighted by Crippen LogP contribution is -2.30. The highest BCUT2D eigenvalue weighted by atomic mass is 19.4. The van der Waals surface area contributed by atoms with E-state index in [1.54, 1.807) is 23.1 Å². The molecule has 2 heterocycles. The second kappa shape index (κ2) is 6.69. The van der Waals surface area contributed by atoms with E-state index in [1.807, 2.05) is 6.92 Å². The Hall–Kier alpha value is -2.91. The average Bonchev–Trinajstić information content (AvgIpc) is 2.85. The van der Waals surface area contributed by atoms with Crippen LogP contribution in [0.4, 0.5) is 19.0 Å². The van der Waals surface area contributed by atoms with Crippen LogP contribution in [0.15, 0.2) is 24.4 Å². The van der Waals surface area contributed by atoms with Crippen LogP contribution in [0, 0.1) is 6.92 Å². The number of nitrogens with one attached hydrogen (secondary N) is 2. The normalized spacial score (nSPS) is 11.2. The molecule has 0 radical (unpaired) electrons. The van der Waals surface area contributed by atoms with Crippen molar-refractivity contribution in [1.82, 2.24) is 20.1 Å². The van der Waals surface area contributed by atoms with Gasteiger partial charge in [0.05, 0.1) is 0 Å². The molecular formula is C14H14F3N5O2. The maximum absolute atomic E-state index is 12.1. The Morgan fingerprint density at radius 2 is 2.00 bits per heavy atom. The molecule has 24 heavy (non-hydrogen) atoms. The summed E-state index contributed by atoms with van der Waals surface area (Å²) >= 11 is 0. The molecule has 2 N–H and O–H groups in total. The molecule has 0 atom stereocenters. The third-order valence-corrected chi connectivity index (χ3v) is 3.12. The molecular weight excluding hydrogens is 327 g/mol. The third-order valence-electron chi connectivity index (χ3n) is 3.12. The lowest BCUT2D eigenvalue weighted by molar-refractivity contribution is -0.167. The monoisotopic (exact) mass is 341 g/mol. The minimum atomic E-state index is -4.98. The highest BCUT2D eigenvalue weighted by Gasteiger charge is 2.38. The second-order valence-corrected chi connectivity index (χ2v) is 4.98. The molecule has 10 heteroatoms. The molecule has 0 aliphatic rings. The summed E-state index contributed by atoms with van der Waals surface area (Å²) in [5.74, 6) is -2.71. The van der Waals surface area contributed by atoms with E-state index >= 15 is 0 Å². The van der Waals surface area contributed by atoms with Crippen molar-refractivity contribution in [3.63, 3.8) is 0 Å². The lowest BCUT2D eigenvalue weighted by atomic mass is 10.2. The number of hydrogen-bond donors (Lipinski definition) is 2. The molecule has 0 aliphatic carbocycles. The summed E-state index contributed by atoms with van der Waals surface area (Å²) in [4.78, 5) is 26.4. The van der Waals surface area contributed by atoms with Gasteiger partial charge in [-0.05, 0) is 24.6 Å². The molecule has 2 aromatic heterocycles. The largest absolute Gasteiger partial charge is 0.471 e. The minimum absolute atomic E-state index is 0.120. The predicted molar refractivity (Wildman–Crippen MR) is 78.0 cm³/mol. The van der Waals surface area contributed by atoms with Gasteiger partial charge >= 0.3 is 12.1 Å². The van der Waals surface area contributed by atoms with E-state index in [0.29, 0.717) is 5.56 Å². The number of amides is 2. The maximum atomic E-state index is 12.1. The van der Waals surface area contributed by atoms with Crippen LogP contribution in [-0.2, 0) is 18.4 Å². The van der Waals surface area contributed by atoms with Gasteiger partial charge in [0, 0.05) is 25.5 Å². The summed E-state index contributed by atoms with van der Waals surface area (Å²) in [7, 11) is 1.71. The Balaban J connectivity index is 1.92. The van der Waals surface area contributed by atoms with Crippen LogP contribution in [-0.4, -0.2) is 32.8 Å². The second-order valence-electron chi connectivity index (χ2n) is 4.98. The Labute approximate surface area is 134 Å². The van der Waals surface area contributed by atoms with Gasteiger partial charge in [0.15, 0.2) is 0 Å². The molecule has 128 valence electrons. The smallest absolute Gasteiger partial charge is 0.347 e. The number of aryl methyl sites for hydroxylation is 2. The highest BCUT2D eigenvalue weighted by Crippen LogP contribution is 2.17. The van der Waals surface area contributed by atoms with E-state index in [9.17, 15) is 22.8 Å². The highest BCUT2D eigenvalue weighted by molar-refractivity contribution is 5.94. The van der Waals surface area contributed by atoms with Gasteiger partial charge < -0.3 is 10.6 Å². The van der Waals surface area contributed by atoms with Crippen molar-refractivity contribution >= 4 is 17.6 Å². The average molecular weight is 341 g/mol. The number of carbonyl (C=O) groups excluding carboxylic acids is 2. The van der Waals surface area contributed by atoms with Crippen LogP contribution in [0.25, 0.3) is 0 Å². The van der Waals surface area contributed by atoms with Gasteiger partial charge in [0.2, 0.25) is 0 Å². The van der Waals surface area contributed by atoms with Gasteiger partial charge in [0.25, 0.3) is 5.91 Å². The molecule has 0 saturated heterocycles. The number of rotatable bonds is 4. The van der Waals surface area contributed by atoms with E-state index in [-0.39, 0.29) is 24.0 Å². The zero-order valence-electron chi connectivity index (χ0n) is 12.8. The van der Waals surface area contributed by atoms with Crippen molar-refractivity contribution in [1.29, 1.82) is 0 Å². The van der Waals surface area contributed by atoms with Gasteiger partial charge in [0.1, 0.15) is 11.5 Å². The first-order valence-corrected chi connectivity index (χ1v) is 6.79. The first kappa shape index (κ1) is 17.4. The van der Waals surface area contributed by atoms with Gasteiger partial charge in [-0.3, -0.25) is 14.3 Å². The van der Waals surface area contributed by atoms with E-state index in [4.69, 9.17) is 0 Å². The van der Waals surface area contributed by atoms with E-state index in [2.05, 4.69) is 15.4 Å². The summed E-state index contributed by atoms with van der Waals surface area (Å²) in [6, 6.07) is 4.29. The molecule has 7 nitrogen and oxygen atoms in total. The summed E-state index contributed by atoms with van der Waals surface area (Å²) in [6.45, 7) is 1.93. The van der Waals surface area contributed by atoms with Gasteiger partial charge in [-0.2, -0.15) is 18.3 Å². The molecule has 0 aliphatic heterocycles. The number of anilines is 1. The van der Waals surface area contributed by atoms with Crippen molar-refractivity contribution in [2.75, 3.05) is 5.32 Å². The Bertz CT molecular complexity index is 733. The van der Waals surface area contributed by atoms with Crippen molar-refractivity contribution in [2.45, 2.75) is 19.6 Å². The van der Waals surface area contributed by atoms with Crippen molar-refractivity contribution in [2.24, 2.45) is 7.05 Å². The summed E-state index contributed by atoms with van der Waals surface area (Å²) in [5, 5.41) is 8.28. The predicted octanol–water partition coefficient (Wildman–Crippen LogP) is 1.55. The summed E-state index contributed by atoms with van der Waals surface area (Å²) in [6.07, 6.45) is -3.72. The fourth-order valence-corrected chi connectivity index (χ4v) is 1.73. The minimum Gasteiger partial charge on any atom is -0.347 e. The number of alkyl halides is 3. The van der Waals surface area contributed by atoms with Gasteiger partial charge in [-0.1, -0.05) is 6.07 Å². The zero-order chi connectivity index (χ0) is 17.9. The third kappa shape index (κ3) is 4.31. The van der Waals surface area contributed by atoms with Crippen molar-refractivity contribution < 1.29 is 22.8 Å². The Morgan fingerprint density at radius 1 is 1.29 bits per heavy atom. The molecule has 2 rings (SSSR count). The van der Waals surface area contributed by atoms with E-state index in [1.165, 1.54) is 18.3 Å². The number of halogens is 3. The number of nitrogens with zero attached hydrogens (tertiary/aromatic N) is 3. The number of pyridine rings is 1. The van der Waals surface area contributed by atoms with Crippen LogP contribution in [0.3, 0.4) is 0 Å². The number of hydrogen-bond acceptors (Lipinski definition) is 4. The fourth-order valence-electron chi connectivity index (χ4n) is 1.73. The summed E-state index contributed by atoms with van der Waals surface area (Å²) in [5.41, 5.74) is 1.64. The SMILES string of the molecule is Cc1cc(C(=O)NCc2ccc(NC(=O)C(F)(F)F)nc2)nn1C. The molecule has 0 bridgehead atoms. The van der Waals surface area contributed by atoms with E-state index < -0.39 is 12.1 Å². The topological polar surface area (TPSA) is 88.9 Å².